The van der Waals surface area contributed by atoms with E-state index in [1.807, 2.05) is 0 Å². The molecule has 0 radical (unpaired) electrons. The monoisotopic (exact) mass is 378 g/mol. The fourth-order valence-corrected chi connectivity index (χ4v) is 2.70. The van der Waals surface area contributed by atoms with Crippen molar-refractivity contribution < 1.29 is 19.4 Å². The first-order valence-electron chi connectivity index (χ1n) is 7.10. The number of methoxy groups -OCH3 is 1. The minimum Gasteiger partial charge on any atom is -0.506 e. The van der Waals surface area contributed by atoms with Crippen LogP contribution in [-0.4, -0.2) is 24.0 Å². The smallest absolute Gasteiger partial charge is 0.283 e. The molecule has 2 aromatic carbocycles. The van der Waals surface area contributed by atoms with Gasteiger partial charge in [0.2, 0.25) is 0 Å². The lowest BCUT2D eigenvalue weighted by atomic mass is 10.2. The Labute approximate surface area is 153 Å². The molecule has 2 amide bonds. The Bertz CT molecular complexity index is 894. The molecule has 1 aliphatic rings. The summed E-state index contributed by atoms with van der Waals surface area (Å²) in [7, 11) is 1.51. The van der Waals surface area contributed by atoms with E-state index in [0.29, 0.717) is 16.5 Å². The van der Waals surface area contributed by atoms with Gasteiger partial charge in [0.15, 0.2) is 0 Å². The van der Waals surface area contributed by atoms with Gasteiger partial charge in [-0.2, -0.15) is 0 Å². The molecular formula is C17H12Cl2N2O4. The normalized spacial score (nSPS) is 14.3. The Morgan fingerprint density at radius 2 is 1.72 bits per heavy atom. The van der Waals surface area contributed by atoms with Crippen LogP contribution in [0.5, 0.6) is 11.5 Å². The average molecular weight is 379 g/mol. The Kier molecular flexibility index (Phi) is 4.57. The molecule has 8 heteroatoms. The molecule has 0 saturated heterocycles. The van der Waals surface area contributed by atoms with Crippen molar-refractivity contribution >= 4 is 46.4 Å². The summed E-state index contributed by atoms with van der Waals surface area (Å²) in [6.07, 6.45) is 0. The molecule has 2 aromatic rings. The van der Waals surface area contributed by atoms with Crippen molar-refractivity contribution in [2.45, 2.75) is 0 Å². The van der Waals surface area contributed by atoms with Gasteiger partial charge in [-0.25, -0.2) is 4.90 Å². The van der Waals surface area contributed by atoms with Crippen LogP contribution >= 0.6 is 23.2 Å². The minimum absolute atomic E-state index is 0.135. The molecule has 128 valence electrons. The number of aromatic hydroxyl groups is 1. The molecule has 2 N–H and O–H groups in total. The van der Waals surface area contributed by atoms with E-state index in [2.05, 4.69) is 5.32 Å². The number of benzene rings is 2. The van der Waals surface area contributed by atoms with Gasteiger partial charge in [-0.15, -0.1) is 0 Å². The summed E-state index contributed by atoms with van der Waals surface area (Å²) in [6, 6.07) is 10.7. The maximum absolute atomic E-state index is 12.6. The zero-order valence-corrected chi connectivity index (χ0v) is 14.4. The summed E-state index contributed by atoms with van der Waals surface area (Å²) in [4.78, 5) is 26.0. The van der Waals surface area contributed by atoms with Crippen LogP contribution in [0.3, 0.4) is 0 Å². The van der Waals surface area contributed by atoms with Gasteiger partial charge in [-0.3, -0.25) is 9.59 Å². The predicted octanol–water partition coefficient (Wildman–Crippen LogP) is 3.49. The van der Waals surface area contributed by atoms with Crippen molar-refractivity contribution in [3.63, 3.8) is 0 Å². The molecule has 6 nitrogen and oxygen atoms in total. The van der Waals surface area contributed by atoms with Crippen molar-refractivity contribution in [2.24, 2.45) is 0 Å². The summed E-state index contributed by atoms with van der Waals surface area (Å²) in [5, 5.41) is 12.6. The van der Waals surface area contributed by atoms with E-state index >= 15 is 0 Å². The largest absolute Gasteiger partial charge is 0.506 e. The molecule has 1 aliphatic heterocycles. The number of carbonyl (C=O) groups excluding carboxylic acids is 2. The topological polar surface area (TPSA) is 78.9 Å². The highest BCUT2D eigenvalue weighted by Crippen LogP contribution is 2.34. The van der Waals surface area contributed by atoms with Crippen LogP contribution < -0.4 is 15.0 Å². The highest BCUT2D eigenvalue weighted by molar-refractivity contribution is 6.53. The first-order chi connectivity index (χ1) is 11.9. The number of hydrogen-bond acceptors (Lipinski definition) is 5. The number of nitrogens with zero attached hydrogens (tertiary/aromatic N) is 1. The van der Waals surface area contributed by atoms with Crippen molar-refractivity contribution in [3.8, 4) is 11.5 Å². The van der Waals surface area contributed by atoms with Gasteiger partial charge in [-0.05, 0) is 42.5 Å². The fraction of sp³-hybridized carbons (Fsp3) is 0.0588. The zero-order valence-electron chi connectivity index (χ0n) is 12.9. The maximum atomic E-state index is 12.6. The highest BCUT2D eigenvalue weighted by atomic mass is 35.5. The molecule has 0 spiro atoms. The number of phenols is 1. The first kappa shape index (κ1) is 17.1. The summed E-state index contributed by atoms with van der Waals surface area (Å²) in [6.45, 7) is 0. The van der Waals surface area contributed by atoms with Crippen LogP contribution in [-0.2, 0) is 9.59 Å². The number of ether oxygens (including phenoxy) is 1. The predicted molar refractivity (Wildman–Crippen MR) is 95.1 cm³/mol. The Morgan fingerprint density at radius 1 is 1.04 bits per heavy atom. The summed E-state index contributed by atoms with van der Waals surface area (Å²) < 4.78 is 5.05. The lowest BCUT2D eigenvalue weighted by Crippen LogP contribution is -2.32. The molecule has 0 aliphatic carbocycles. The van der Waals surface area contributed by atoms with Crippen LogP contribution in [0.4, 0.5) is 11.4 Å². The van der Waals surface area contributed by atoms with Gasteiger partial charge >= 0.3 is 0 Å². The fourth-order valence-electron chi connectivity index (χ4n) is 2.32. The van der Waals surface area contributed by atoms with Gasteiger partial charge in [0.05, 0.1) is 18.5 Å². The number of hydrogen-bond donors (Lipinski definition) is 2. The number of rotatable bonds is 4. The van der Waals surface area contributed by atoms with Crippen LogP contribution in [0.25, 0.3) is 0 Å². The average Bonchev–Trinajstić information content (AvgIpc) is 2.82. The SMILES string of the molecule is COc1ccc(N2C(=O)C(Cl)=C(Nc3cc(Cl)ccc3O)C2=O)cc1. The Balaban J connectivity index is 1.92. The molecule has 0 aromatic heterocycles. The van der Waals surface area contributed by atoms with E-state index in [1.54, 1.807) is 24.3 Å². The van der Waals surface area contributed by atoms with Gasteiger partial charge in [-0.1, -0.05) is 23.2 Å². The van der Waals surface area contributed by atoms with Crippen molar-refractivity contribution in [3.05, 3.63) is 58.2 Å². The molecule has 0 fully saturated rings. The second-order valence-electron chi connectivity index (χ2n) is 5.12. The number of anilines is 2. The highest BCUT2D eigenvalue weighted by Gasteiger charge is 2.39. The standard InChI is InChI=1S/C17H12Cl2N2O4/c1-25-11-5-3-10(4-6-11)21-16(23)14(19)15(17(21)24)20-12-8-9(18)2-7-13(12)22/h2-8,20,22H,1H3. The van der Waals surface area contributed by atoms with Crippen LogP contribution in [0.15, 0.2) is 53.2 Å². The Hall–Kier alpha value is -2.70. The van der Waals surface area contributed by atoms with E-state index in [-0.39, 0.29) is 22.2 Å². The number of amides is 2. The van der Waals surface area contributed by atoms with Gasteiger partial charge in [0.1, 0.15) is 22.2 Å². The van der Waals surface area contributed by atoms with Crippen molar-refractivity contribution in [2.75, 3.05) is 17.3 Å². The lowest BCUT2D eigenvalue weighted by Gasteiger charge is -2.15. The van der Waals surface area contributed by atoms with Crippen molar-refractivity contribution in [1.29, 1.82) is 0 Å². The number of imide groups is 1. The molecule has 25 heavy (non-hydrogen) atoms. The quantitative estimate of drug-likeness (QED) is 0.628. The minimum atomic E-state index is -0.666. The third kappa shape index (κ3) is 3.14. The van der Waals surface area contributed by atoms with E-state index in [4.69, 9.17) is 27.9 Å². The van der Waals surface area contributed by atoms with Gasteiger partial charge < -0.3 is 15.2 Å². The summed E-state index contributed by atoms with van der Waals surface area (Å²) >= 11 is 11.9. The summed E-state index contributed by atoms with van der Waals surface area (Å²) in [5.41, 5.74) is 0.375. The molecule has 0 unspecified atom stereocenters. The Morgan fingerprint density at radius 3 is 2.36 bits per heavy atom. The second-order valence-corrected chi connectivity index (χ2v) is 5.93. The molecule has 3 rings (SSSR count). The van der Waals surface area contributed by atoms with E-state index in [1.165, 1.54) is 25.3 Å². The molecule has 0 atom stereocenters. The molecule has 1 heterocycles. The number of halogens is 2. The zero-order chi connectivity index (χ0) is 18.1. The van der Waals surface area contributed by atoms with Crippen LogP contribution in [0.2, 0.25) is 5.02 Å². The lowest BCUT2D eigenvalue weighted by molar-refractivity contribution is -0.120. The second kappa shape index (κ2) is 6.66. The van der Waals surface area contributed by atoms with E-state index in [9.17, 15) is 14.7 Å². The van der Waals surface area contributed by atoms with Crippen LogP contribution in [0, 0.1) is 0 Å². The summed E-state index contributed by atoms with van der Waals surface area (Å²) in [5.74, 6) is -0.853. The number of carbonyl (C=O) groups is 2. The van der Waals surface area contributed by atoms with E-state index < -0.39 is 11.8 Å². The number of nitrogens with one attached hydrogen (secondary N) is 1. The number of phenolic OH excluding ortho intramolecular Hbond substituents is 1. The van der Waals surface area contributed by atoms with E-state index in [0.717, 1.165) is 4.90 Å². The van der Waals surface area contributed by atoms with Crippen molar-refractivity contribution in [1.82, 2.24) is 0 Å². The maximum Gasteiger partial charge on any atom is 0.283 e. The van der Waals surface area contributed by atoms with Gasteiger partial charge in [0.25, 0.3) is 11.8 Å². The third-order valence-corrected chi connectivity index (χ3v) is 4.16. The van der Waals surface area contributed by atoms with Crippen LogP contribution in [0.1, 0.15) is 0 Å². The van der Waals surface area contributed by atoms with Gasteiger partial charge in [0, 0.05) is 5.02 Å². The third-order valence-electron chi connectivity index (χ3n) is 3.58. The first-order valence-corrected chi connectivity index (χ1v) is 7.86. The molecule has 0 saturated carbocycles. The molecular weight excluding hydrogens is 367 g/mol. The molecule has 0 bridgehead atoms.